The predicted octanol–water partition coefficient (Wildman–Crippen LogP) is 20.4. The molecule has 0 amide bonds. The van der Waals surface area contributed by atoms with Crippen LogP contribution in [0.3, 0.4) is 0 Å². The first-order valence-electron chi connectivity index (χ1n) is 24.9. The van der Waals surface area contributed by atoms with Gasteiger partial charge in [-0.2, -0.15) is 0 Å². The molecule has 11 rings (SSSR count). The molecule has 0 bridgehead atoms. The van der Waals surface area contributed by atoms with Gasteiger partial charge in [-0.3, -0.25) is 0 Å². The minimum Gasteiger partial charge on any atom is -0.455 e. The zero-order chi connectivity index (χ0) is 49.1. The van der Waals surface area contributed by atoms with Crippen LogP contribution in [0.2, 0.25) is 0 Å². The van der Waals surface area contributed by atoms with Crippen LogP contribution >= 0.6 is 11.3 Å². The van der Waals surface area contributed by atoms with Gasteiger partial charge in [0.1, 0.15) is 11.2 Å². The maximum absolute atomic E-state index is 7.01. The van der Waals surface area contributed by atoms with Crippen molar-refractivity contribution in [3.05, 3.63) is 192 Å². The van der Waals surface area contributed by atoms with Gasteiger partial charge < -0.3 is 14.2 Å². The molecule has 0 spiro atoms. The minimum absolute atomic E-state index is 0.0696. The van der Waals surface area contributed by atoms with Crippen molar-refractivity contribution in [1.29, 1.82) is 0 Å². The second-order valence-corrected chi connectivity index (χ2v) is 24.7. The van der Waals surface area contributed by atoms with Crippen molar-refractivity contribution >= 4 is 109 Å². The van der Waals surface area contributed by atoms with Crippen molar-refractivity contribution in [2.45, 2.75) is 105 Å². The summed E-state index contributed by atoms with van der Waals surface area (Å²) >= 11 is 1.84. The van der Waals surface area contributed by atoms with Crippen LogP contribution in [0.5, 0.6) is 0 Å². The Labute approximate surface area is 418 Å². The molecule has 2 aromatic heterocycles. The van der Waals surface area contributed by atoms with Crippen LogP contribution in [0.1, 0.15) is 105 Å². The molecule has 0 saturated carbocycles. The summed E-state index contributed by atoms with van der Waals surface area (Å²) < 4.78 is 9.49. The van der Waals surface area contributed by atoms with Crippen molar-refractivity contribution in [2.24, 2.45) is 0 Å². The normalized spacial score (nSPS) is 12.9. The fraction of sp³-hybridized carbons (Fsp3) is 0.242. The Kier molecular flexibility index (Phi) is 10.6. The Hall–Kier alpha value is -6.88. The van der Waals surface area contributed by atoms with Gasteiger partial charge in [-0.25, -0.2) is 0 Å². The van der Waals surface area contributed by atoms with Crippen LogP contribution in [0.25, 0.3) is 63.7 Å². The quantitative estimate of drug-likeness (QED) is 0.166. The molecule has 0 aliphatic rings. The van der Waals surface area contributed by atoms with E-state index < -0.39 is 0 Å². The largest absolute Gasteiger partial charge is 0.455 e. The first-order valence-corrected chi connectivity index (χ1v) is 25.7. The summed E-state index contributed by atoms with van der Waals surface area (Å²) in [7, 11) is 0. The van der Waals surface area contributed by atoms with Crippen molar-refractivity contribution in [3.8, 4) is 0 Å². The van der Waals surface area contributed by atoms with Crippen LogP contribution in [-0.4, -0.2) is 0 Å². The second-order valence-electron chi connectivity index (χ2n) is 23.6. The maximum atomic E-state index is 7.01. The number of hydrogen-bond acceptors (Lipinski definition) is 4. The van der Waals surface area contributed by atoms with Gasteiger partial charge in [-0.1, -0.05) is 144 Å². The Balaban J connectivity index is 1.000. The number of fused-ring (bicyclic) bond motifs is 9. The van der Waals surface area contributed by atoms with Crippen molar-refractivity contribution in [2.75, 3.05) is 9.80 Å². The van der Waals surface area contributed by atoms with Crippen molar-refractivity contribution in [1.82, 2.24) is 0 Å². The van der Waals surface area contributed by atoms with E-state index in [1.54, 1.807) is 0 Å². The topological polar surface area (TPSA) is 19.6 Å². The average molecular weight is 933 g/mol. The number of thiophene rings is 1. The number of nitrogens with zero attached hydrogens (tertiary/aromatic N) is 2. The molecule has 0 saturated heterocycles. The highest BCUT2D eigenvalue weighted by atomic mass is 32.1. The molecule has 0 fully saturated rings. The molecule has 0 aliphatic heterocycles. The Morgan fingerprint density at radius 3 is 1.09 bits per heavy atom. The Morgan fingerprint density at radius 2 is 0.686 bits per heavy atom. The number of rotatable bonds is 6. The third kappa shape index (κ3) is 8.20. The minimum atomic E-state index is 0.0696. The lowest BCUT2D eigenvalue weighted by molar-refractivity contribution is 0.590. The summed E-state index contributed by atoms with van der Waals surface area (Å²) in [5, 5.41) is 9.46. The van der Waals surface area contributed by atoms with E-state index in [1.165, 1.54) is 58.6 Å². The highest BCUT2D eigenvalue weighted by Crippen LogP contribution is 2.46. The van der Waals surface area contributed by atoms with Crippen LogP contribution in [0, 0.1) is 0 Å². The van der Waals surface area contributed by atoms with Gasteiger partial charge in [0.25, 0.3) is 0 Å². The maximum Gasteiger partial charge on any atom is 0.144 e. The number of furan rings is 1. The van der Waals surface area contributed by atoms with Crippen LogP contribution in [-0.2, 0) is 21.7 Å². The molecule has 0 radical (unpaired) electrons. The third-order valence-corrected chi connectivity index (χ3v) is 15.6. The molecule has 0 N–H and O–H groups in total. The molecule has 3 nitrogen and oxygen atoms in total. The molecule has 11 aromatic rings. The third-order valence-electron chi connectivity index (χ3n) is 14.4. The first-order chi connectivity index (χ1) is 33.2. The standard InChI is InChI=1S/C66H64N2OS/c1-63(2,3)45-15-25-49(26-16-45)67(50-27-17-46(18-28-50)64(4,5)6)53-23-13-41-37-56-55-33-34-59-61(62(55)69-58(56)39-43(41)35-53)57-38-42-14-24-54(36-44(42)40-60(57)70-59)68(51-29-19-47(20-30-51)65(7,8)9)52-31-21-48(22-32-52)66(10,11)12/h13-40H,1-12H3. The molecule has 4 heteroatoms. The van der Waals surface area contributed by atoms with E-state index in [9.17, 15) is 0 Å². The molecular formula is C66H64N2OS. The van der Waals surface area contributed by atoms with E-state index in [2.05, 4.69) is 263 Å². The first kappa shape index (κ1) is 45.6. The Bertz CT molecular complexity index is 3650. The molecule has 0 aliphatic carbocycles. The zero-order valence-corrected chi connectivity index (χ0v) is 43.7. The summed E-state index contributed by atoms with van der Waals surface area (Å²) in [5.74, 6) is 0. The lowest BCUT2D eigenvalue weighted by Gasteiger charge is -2.28. The van der Waals surface area contributed by atoms with Crippen LogP contribution < -0.4 is 9.80 Å². The van der Waals surface area contributed by atoms with E-state index in [1.807, 2.05) is 11.3 Å². The van der Waals surface area contributed by atoms with Gasteiger partial charge in [0, 0.05) is 65.1 Å². The molecule has 0 unspecified atom stereocenters. The average Bonchev–Trinajstić information content (AvgIpc) is 3.86. The molecule has 2 heterocycles. The fourth-order valence-corrected chi connectivity index (χ4v) is 11.3. The van der Waals surface area contributed by atoms with Gasteiger partial charge >= 0.3 is 0 Å². The van der Waals surface area contributed by atoms with Gasteiger partial charge in [-0.05, 0) is 175 Å². The van der Waals surface area contributed by atoms with E-state index in [0.29, 0.717) is 0 Å². The summed E-state index contributed by atoms with van der Waals surface area (Å²) in [5.41, 5.74) is 14.2. The molecular weight excluding hydrogens is 869 g/mol. The summed E-state index contributed by atoms with van der Waals surface area (Å²) in [4.78, 5) is 4.77. The lowest BCUT2D eigenvalue weighted by Crippen LogP contribution is -2.14. The van der Waals surface area contributed by atoms with E-state index >= 15 is 0 Å². The van der Waals surface area contributed by atoms with E-state index in [0.717, 1.165) is 61.4 Å². The van der Waals surface area contributed by atoms with Gasteiger partial charge in [0.15, 0.2) is 0 Å². The lowest BCUT2D eigenvalue weighted by atomic mass is 9.86. The highest BCUT2D eigenvalue weighted by Gasteiger charge is 2.23. The van der Waals surface area contributed by atoms with Crippen molar-refractivity contribution in [3.63, 3.8) is 0 Å². The SMILES string of the molecule is CC(C)(C)c1ccc(N(c2ccc(C(C)(C)C)cc2)c2ccc3cc4c(cc3c2)oc2c4ccc3sc4cc5cc(N(c6ccc(C(C)(C)C)cc6)c6ccc(C(C)(C)C)cc6)ccc5cc4c32)cc1. The monoisotopic (exact) mass is 932 g/mol. The van der Waals surface area contributed by atoms with Gasteiger partial charge in [-0.15, -0.1) is 11.3 Å². The molecule has 350 valence electrons. The summed E-state index contributed by atoms with van der Waals surface area (Å²) in [6.45, 7) is 27.3. The van der Waals surface area contributed by atoms with Gasteiger partial charge in [0.2, 0.25) is 0 Å². The molecule has 70 heavy (non-hydrogen) atoms. The van der Waals surface area contributed by atoms with Gasteiger partial charge in [0.05, 0.1) is 0 Å². The zero-order valence-electron chi connectivity index (χ0n) is 42.9. The highest BCUT2D eigenvalue weighted by molar-refractivity contribution is 7.26. The van der Waals surface area contributed by atoms with E-state index in [-0.39, 0.29) is 21.7 Å². The van der Waals surface area contributed by atoms with Crippen molar-refractivity contribution < 1.29 is 4.42 Å². The number of anilines is 6. The second kappa shape index (κ2) is 16.4. The fourth-order valence-electron chi connectivity index (χ4n) is 10.2. The van der Waals surface area contributed by atoms with E-state index in [4.69, 9.17) is 4.42 Å². The number of hydrogen-bond donors (Lipinski definition) is 0. The van der Waals surface area contributed by atoms with Crippen LogP contribution in [0.15, 0.2) is 174 Å². The number of benzene rings is 9. The predicted molar refractivity (Wildman–Crippen MR) is 306 cm³/mol. The Morgan fingerprint density at radius 1 is 0.314 bits per heavy atom. The van der Waals surface area contributed by atoms with Crippen LogP contribution in [0.4, 0.5) is 34.1 Å². The smallest absolute Gasteiger partial charge is 0.144 e. The summed E-state index contributed by atoms with van der Waals surface area (Å²) in [6, 6.07) is 64.0. The molecule has 9 aromatic carbocycles. The molecule has 0 atom stereocenters. The summed E-state index contributed by atoms with van der Waals surface area (Å²) in [6.07, 6.45) is 0.